The lowest BCUT2D eigenvalue weighted by Gasteiger charge is -2.11. The zero-order valence-electron chi connectivity index (χ0n) is 8.04. The monoisotopic (exact) mass is 307 g/mol. The first-order valence-electron chi connectivity index (χ1n) is 4.75. The second kappa shape index (κ2) is 5.37. The van der Waals surface area contributed by atoms with Crippen molar-refractivity contribution in [1.82, 2.24) is 9.97 Å². The summed E-state index contributed by atoms with van der Waals surface area (Å²) < 4.78 is 0.859. The SMILES string of the molecule is Clc1ncc(Br)c(NCC2CCSC2)n1. The molecule has 1 aromatic heterocycles. The van der Waals surface area contributed by atoms with E-state index >= 15 is 0 Å². The van der Waals surface area contributed by atoms with Gasteiger partial charge in [-0.2, -0.15) is 16.7 Å². The van der Waals surface area contributed by atoms with Crippen molar-refractivity contribution in [2.45, 2.75) is 6.42 Å². The Morgan fingerprint density at radius 2 is 2.53 bits per heavy atom. The van der Waals surface area contributed by atoms with Gasteiger partial charge in [0.25, 0.3) is 0 Å². The highest BCUT2D eigenvalue weighted by molar-refractivity contribution is 9.10. The lowest BCUT2D eigenvalue weighted by Crippen LogP contribution is -2.14. The molecule has 1 atom stereocenters. The van der Waals surface area contributed by atoms with Crippen LogP contribution in [0.5, 0.6) is 0 Å². The van der Waals surface area contributed by atoms with E-state index in [1.165, 1.54) is 17.9 Å². The lowest BCUT2D eigenvalue weighted by atomic mass is 10.1. The van der Waals surface area contributed by atoms with Crippen LogP contribution in [-0.2, 0) is 0 Å². The summed E-state index contributed by atoms with van der Waals surface area (Å²) in [6.45, 7) is 0.957. The van der Waals surface area contributed by atoms with Crippen molar-refractivity contribution in [3.63, 3.8) is 0 Å². The van der Waals surface area contributed by atoms with Gasteiger partial charge in [-0.15, -0.1) is 0 Å². The van der Waals surface area contributed by atoms with E-state index in [4.69, 9.17) is 11.6 Å². The molecule has 3 nitrogen and oxygen atoms in total. The first kappa shape index (κ1) is 11.5. The summed E-state index contributed by atoms with van der Waals surface area (Å²) in [4.78, 5) is 8.01. The zero-order chi connectivity index (χ0) is 10.7. The summed E-state index contributed by atoms with van der Waals surface area (Å²) in [5.74, 6) is 4.05. The smallest absolute Gasteiger partial charge is 0.224 e. The fourth-order valence-electron chi connectivity index (χ4n) is 1.45. The summed E-state index contributed by atoms with van der Waals surface area (Å²) in [6.07, 6.45) is 2.95. The second-order valence-electron chi connectivity index (χ2n) is 3.45. The molecule has 0 aliphatic carbocycles. The number of nitrogens with zero attached hydrogens (tertiary/aromatic N) is 2. The van der Waals surface area contributed by atoms with Crippen molar-refractivity contribution in [2.75, 3.05) is 23.4 Å². The molecule has 1 aliphatic heterocycles. The maximum atomic E-state index is 5.73. The molecule has 1 fully saturated rings. The molecule has 0 spiro atoms. The van der Waals surface area contributed by atoms with Crippen LogP contribution in [0, 0.1) is 5.92 Å². The molecule has 1 saturated heterocycles. The van der Waals surface area contributed by atoms with Gasteiger partial charge in [0.15, 0.2) is 0 Å². The molecule has 1 N–H and O–H groups in total. The highest BCUT2D eigenvalue weighted by Gasteiger charge is 2.15. The molecule has 0 amide bonds. The zero-order valence-corrected chi connectivity index (χ0v) is 11.2. The highest BCUT2D eigenvalue weighted by Crippen LogP contribution is 2.25. The molecule has 82 valence electrons. The Hall–Kier alpha value is -0.000000000000000111. The quantitative estimate of drug-likeness (QED) is 0.871. The molecular weight excluding hydrogens is 298 g/mol. The summed E-state index contributed by atoms with van der Waals surface area (Å²) in [5, 5.41) is 3.58. The Bertz CT molecular complexity index is 344. The number of thioether (sulfide) groups is 1. The summed E-state index contributed by atoms with van der Waals surface area (Å²) in [5.41, 5.74) is 0. The largest absolute Gasteiger partial charge is 0.369 e. The highest BCUT2D eigenvalue weighted by atomic mass is 79.9. The van der Waals surface area contributed by atoms with Gasteiger partial charge in [-0.3, -0.25) is 0 Å². The minimum atomic E-state index is 0.279. The van der Waals surface area contributed by atoms with Crippen LogP contribution in [0.25, 0.3) is 0 Å². The molecule has 1 aliphatic rings. The van der Waals surface area contributed by atoms with Gasteiger partial charge in [-0.25, -0.2) is 4.98 Å². The molecule has 0 saturated carbocycles. The van der Waals surface area contributed by atoms with Gasteiger partial charge < -0.3 is 5.32 Å². The van der Waals surface area contributed by atoms with Crippen molar-refractivity contribution >= 4 is 45.1 Å². The number of anilines is 1. The van der Waals surface area contributed by atoms with Crippen LogP contribution < -0.4 is 5.32 Å². The fourth-order valence-corrected chi connectivity index (χ4v) is 3.20. The topological polar surface area (TPSA) is 37.8 Å². The van der Waals surface area contributed by atoms with Crippen molar-refractivity contribution in [3.05, 3.63) is 16.0 Å². The van der Waals surface area contributed by atoms with Crippen LogP contribution in [0.1, 0.15) is 6.42 Å². The van der Waals surface area contributed by atoms with Gasteiger partial charge in [0, 0.05) is 12.7 Å². The third-order valence-corrected chi connectivity index (χ3v) is 4.29. The normalized spacial score (nSPS) is 20.5. The Morgan fingerprint density at radius 1 is 1.67 bits per heavy atom. The maximum absolute atomic E-state index is 5.73. The van der Waals surface area contributed by atoms with Crippen LogP contribution in [0.3, 0.4) is 0 Å². The standard InChI is InChI=1S/C9H11BrClN3S/c10-7-4-13-9(11)14-8(7)12-3-6-1-2-15-5-6/h4,6H,1-3,5H2,(H,12,13,14). The molecule has 6 heteroatoms. The van der Waals surface area contributed by atoms with Gasteiger partial charge >= 0.3 is 0 Å². The molecule has 2 rings (SSSR count). The summed E-state index contributed by atoms with van der Waals surface area (Å²) >= 11 is 11.1. The van der Waals surface area contributed by atoms with E-state index in [0.29, 0.717) is 0 Å². The average molecular weight is 309 g/mol. The molecule has 2 heterocycles. The van der Waals surface area contributed by atoms with E-state index in [1.807, 2.05) is 11.8 Å². The van der Waals surface area contributed by atoms with Crippen molar-refractivity contribution in [1.29, 1.82) is 0 Å². The van der Waals surface area contributed by atoms with Crippen molar-refractivity contribution < 1.29 is 0 Å². The van der Waals surface area contributed by atoms with E-state index in [9.17, 15) is 0 Å². The third-order valence-electron chi connectivity index (χ3n) is 2.30. The number of rotatable bonds is 3. The van der Waals surface area contributed by atoms with Crippen molar-refractivity contribution in [2.24, 2.45) is 5.92 Å². The molecule has 0 radical (unpaired) electrons. The molecule has 15 heavy (non-hydrogen) atoms. The van der Waals surface area contributed by atoms with E-state index in [0.717, 1.165) is 22.8 Å². The minimum Gasteiger partial charge on any atom is -0.369 e. The first-order valence-corrected chi connectivity index (χ1v) is 7.08. The average Bonchev–Trinajstić information content (AvgIpc) is 2.72. The van der Waals surface area contributed by atoms with E-state index in [1.54, 1.807) is 6.20 Å². The molecule has 0 aromatic carbocycles. The second-order valence-corrected chi connectivity index (χ2v) is 5.79. The Labute approximate surface area is 107 Å². The van der Waals surface area contributed by atoms with Gasteiger partial charge in [0.05, 0.1) is 4.47 Å². The van der Waals surface area contributed by atoms with Gasteiger partial charge in [-0.05, 0) is 51.4 Å². The Kier molecular flexibility index (Phi) is 4.11. The Balaban J connectivity index is 1.94. The molecule has 0 bridgehead atoms. The molecular formula is C9H11BrClN3S. The number of nitrogens with one attached hydrogen (secondary N) is 1. The van der Waals surface area contributed by atoms with E-state index < -0.39 is 0 Å². The first-order chi connectivity index (χ1) is 7.25. The Morgan fingerprint density at radius 3 is 3.27 bits per heavy atom. The van der Waals surface area contributed by atoms with Crippen LogP contribution in [-0.4, -0.2) is 28.0 Å². The van der Waals surface area contributed by atoms with E-state index in [-0.39, 0.29) is 5.28 Å². The van der Waals surface area contributed by atoms with Crippen LogP contribution in [0.2, 0.25) is 5.28 Å². The third kappa shape index (κ3) is 3.23. The van der Waals surface area contributed by atoms with Crippen LogP contribution in [0.15, 0.2) is 10.7 Å². The van der Waals surface area contributed by atoms with Gasteiger partial charge in [0.1, 0.15) is 5.82 Å². The number of hydrogen-bond donors (Lipinski definition) is 1. The fraction of sp³-hybridized carbons (Fsp3) is 0.556. The van der Waals surface area contributed by atoms with Crippen LogP contribution >= 0.6 is 39.3 Å². The number of hydrogen-bond acceptors (Lipinski definition) is 4. The van der Waals surface area contributed by atoms with E-state index in [2.05, 4.69) is 31.2 Å². The predicted octanol–water partition coefficient (Wildman–Crippen LogP) is 3.06. The number of halogens is 2. The van der Waals surface area contributed by atoms with Gasteiger partial charge in [0.2, 0.25) is 5.28 Å². The van der Waals surface area contributed by atoms with Gasteiger partial charge in [-0.1, -0.05) is 0 Å². The van der Waals surface area contributed by atoms with Crippen molar-refractivity contribution in [3.8, 4) is 0 Å². The van der Waals surface area contributed by atoms with Crippen LogP contribution in [0.4, 0.5) is 5.82 Å². The summed E-state index contributed by atoms with van der Waals surface area (Å²) in [7, 11) is 0. The molecule has 1 unspecified atom stereocenters. The maximum Gasteiger partial charge on any atom is 0.224 e. The molecule has 1 aromatic rings. The lowest BCUT2D eigenvalue weighted by molar-refractivity contribution is 0.630. The number of aromatic nitrogens is 2. The summed E-state index contributed by atoms with van der Waals surface area (Å²) in [6, 6.07) is 0. The predicted molar refractivity (Wildman–Crippen MR) is 68.7 cm³/mol. The minimum absolute atomic E-state index is 0.279.